The Hall–Kier alpha value is -2.38. The molecule has 0 aliphatic carbocycles. The van der Waals surface area contributed by atoms with E-state index in [0.717, 1.165) is 44.8 Å². The lowest BCUT2D eigenvalue weighted by molar-refractivity contribution is 0.0751. The molecule has 27 heavy (non-hydrogen) atoms. The lowest BCUT2D eigenvalue weighted by Gasteiger charge is -2.35. The number of carbonyl (C=O) groups is 1. The van der Waals surface area contributed by atoms with Crippen LogP contribution in [0.5, 0.6) is 0 Å². The van der Waals surface area contributed by atoms with Crippen molar-refractivity contribution >= 4 is 55.5 Å². The monoisotopic (exact) mass is 440 g/mol. The summed E-state index contributed by atoms with van der Waals surface area (Å²) < 4.78 is 3.21. The van der Waals surface area contributed by atoms with Gasteiger partial charge >= 0.3 is 0 Å². The van der Waals surface area contributed by atoms with Crippen LogP contribution < -0.4 is 4.90 Å². The Morgan fingerprint density at radius 1 is 1.04 bits per heavy atom. The predicted molar refractivity (Wildman–Crippen MR) is 113 cm³/mol. The summed E-state index contributed by atoms with van der Waals surface area (Å²) in [5.41, 5.74) is 3.15. The molecule has 136 valence electrons. The summed E-state index contributed by atoms with van der Waals surface area (Å²) in [5, 5.41) is 1.95. The molecule has 1 aromatic carbocycles. The summed E-state index contributed by atoms with van der Waals surface area (Å²) in [5.74, 6) is 1.11. The molecule has 0 unspecified atom stereocenters. The van der Waals surface area contributed by atoms with Gasteiger partial charge in [0.1, 0.15) is 0 Å². The van der Waals surface area contributed by atoms with Crippen molar-refractivity contribution in [3.05, 3.63) is 63.4 Å². The number of hydrogen-bond donors (Lipinski definition) is 0. The van der Waals surface area contributed by atoms with Gasteiger partial charge in [-0.2, -0.15) is 0 Å². The maximum Gasteiger partial charge on any atom is 0.264 e. The number of rotatable bonds is 2. The highest BCUT2D eigenvalue weighted by atomic mass is 79.9. The standard InChI is InChI=1S/C20H17BrN4OS/c21-14-5-6-16-15(13-14)22-19(17-3-1-7-25(16)17)23-8-10-24(11-9-23)20(26)18-4-2-12-27-18/h1-7,12-13H,8-11H2. The van der Waals surface area contributed by atoms with Crippen LogP contribution in [0.15, 0.2) is 58.5 Å². The number of halogens is 1. The van der Waals surface area contributed by atoms with Gasteiger partial charge in [0.15, 0.2) is 5.82 Å². The molecule has 5 rings (SSSR count). The van der Waals surface area contributed by atoms with E-state index >= 15 is 0 Å². The number of amides is 1. The van der Waals surface area contributed by atoms with Gasteiger partial charge < -0.3 is 14.2 Å². The van der Waals surface area contributed by atoms with Gasteiger partial charge in [-0.1, -0.05) is 22.0 Å². The van der Waals surface area contributed by atoms with E-state index in [9.17, 15) is 4.79 Å². The van der Waals surface area contributed by atoms with Gasteiger partial charge in [-0.05, 0) is 41.8 Å². The Morgan fingerprint density at radius 2 is 1.89 bits per heavy atom. The van der Waals surface area contributed by atoms with Gasteiger partial charge in [-0.3, -0.25) is 4.79 Å². The first-order valence-corrected chi connectivity index (χ1v) is 10.5. The van der Waals surface area contributed by atoms with Crippen LogP contribution in [0.2, 0.25) is 0 Å². The minimum atomic E-state index is 0.132. The summed E-state index contributed by atoms with van der Waals surface area (Å²) in [7, 11) is 0. The quantitative estimate of drug-likeness (QED) is 0.467. The Kier molecular flexibility index (Phi) is 4.13. The van der Waals surface area contributed by atoms with E-state index in [0.29, 0.717) is 13.1 Å². The molecule has 0 atom stereocenters. The predicted octanol–water partition coefficient (Wildman–Crippen LogP) is 4.27. The zero-order valence-corrected chi connectivity index (χ0v) is 16.9. The molecule has 1 aliphatic rings. The molecule has 4 aromatic rings. The van der Waals surface area contributed by atoms with E-state index in [1.54, 1.807) is 0 Å². The maximum absolute atomic E-state index is 12.6. The molecule has 3 aromatic heterocycles. The van der Waals surface area contributed by atoms with Gasteiger partial charge in [0.05, 0.1) is 21.4 Å². The smallest absolute Gasteiger partial charge is 0.264 e. The van der Waals surface area contributed by atoms with Gasteiger partial charge in [0.2, 0.25) is 0 Å². The molecule has 0 saturated carbocycles. The van der Waals surface area contributed by atoms with Crippen molar-refractivity contribution in [2.45, 2.75) is 0 Å². The third kappa shape index (κ3) is 2.91. The Labute approximate surface area is 169 Å². The van der Waals surface area contributed by atoms with Gasteiger partial charge in [0.25, 0.3) is 5.91 Å². The number of anilines is 1. The Balaban J connectivity index is 1.46. The van der Waals surface area contributed by atoms with E-state index in [4.69, 9.17) is 4.98 Å². The Bertz CT molecular complexity index is 1130. The molecule has 1 saturated heterocycles. The third-order valence-electron chi connectivity index (χ3n) is 5.00. The van der Waals surface area contributed by atoms with Crippen molar-refractivity contribution in [3.63, 3.8) is 0 Å². The number of nitrogens with zero attached hydrogens (tertiary/aromatic N) is 4. The average Bonchev–Trinajstić information content (AvgIpc) is 3.38. The molecule has 0 spiro atoms. The van der Waals surface area contributed by atoms with E-state index in [-0.39, 0.29) is 5.91 Å². The lowest BCUT2D eigenvalue weighted by Crippen LogP contribution is -2.49. The largest absolute Gasteiger partial charge is 0.351 e. The number of carbonyl (C=O) groups excluding carboxylic acids is 1. The van der Waals surface area contributed by atoms with Crippen molar-refractivity contribution in [2.75, 3.05) is 31.1 Å². The fourth-order valence-electron chi connectivity index (χ4n) is 3.64. The second-order valence-corrected chi connectivity index (χ2v) is 8.45. The van der Waals surface area contributed by atoms with Crippen LogP contribution in [0.4, 0.5) is 5.82 Å². The minimum Gasteiger partial charge on any atom is -0.351 e. The molecule has 5 nitrogen and oxygen atoms in total. The highest BCUT2D eigenvalue weighted by molar-refractivity contribution is 9.10. The van der Waals surface area contributed by atoms with Crippen molar-refractivity contribution < 1.29 is 4.79 Å². The fourth-order valence-corrected chi connectivity index (χ4v) is 4.68. The van der Waals surface area contributed by atoms with Gasteiger partial charge in [-0.25, -0.2) is 4.98 Å². The molecule has 1 fully saturated rings. The van der Waals surface area contributed by atoms with Crippen LogP contribution in [-0.4, -0.2) is 46.4 Å². The molecular weight excluding hydrogens is 424 g/mol. The van der Waals surface area contributed by atoms with E-state index in [2.05, 4.69) is 55.7 Å². The van der Waals surface area contributed by atoms with Crippen molar-refractivity contribution in [1.29, 1.82) is 0 Å². The first kappa shape index (κ1) is 16.8. The number of aromatic nitrogens is 2. The molecule has 7 heteroatoms. The van der Waals surface area contributed by atoms with Crippen LogP contribution in [0, 0.1) is 0 Å². The second-order valence-electron chi connectivity index (χ2n) is 6.59. The van der Waals surface area contributed by atoms with Gasteiger partial charge in [-0.15, -0.1) is 11.3 Å². The van der Waals surface area contributed by atoms with Crippen molar-refractivity contribution in [2.24, 2.45) is 0 Å². The average molecular weight is 441 g/mol. The SMILES string of the molecule is O=C(c1cccs1)N1CCN(c2nc3cc(Br)ccc3n3cccc23)CC1. The minimum absolute atomic E-state index is 0.132. The maximum atomic E-state index is 12.6. The van der Waals surface area contributed by atoms with Crippen LogP contribution in [0.1, 0.15) is 9.67 Å². The van der Waals surface area contributed by atoms with Crippen LogP contribution in [-0.2, 0) is 0 Å². The highest BCUT2D eigenvalue weighted by Gasteiger charge is 2.25. The normalized spacial score (nSPS) is 15.0. The Morgan fingerprint density at radius 3 is 2.67 bits per heavy atom. The third-order valence-corrected chi connectivity index (χ3v) is 6.35. The molecule has 1 amide bonds. The summed E-state index contributed by atoms with van der Waals surface area (Å²) in [6.07, 6.45) is 2.08. The van der Waals surface area contributed by atoms with E-state index in [1.807, 2.05) is 28.5 Å². The zero-order valence-electron chi connectivity index (χ0n) is 14.5. The van der Waals surface area contributed by atoms with E-state index < -0.39 is 0 Å². The number of benzene rings is 1. The molecule has 0 bridgehead atoms. The number of piperazine rings is 1. The van der Waals surface area contributed by atoms with Crippen molar-refractivity contribution in [1.82, 2.24) is 14.3 Å². The summed E-state index contributed by atoms with van der Waals surface area (Å²) in [6.45, 7) is 2.98. The topological polar surface area (TPSA) is 40.9 Å². The summed E-state index contributed by atoms with van der Waals surface area (Å²) in [6, 6.07) is 14.2. The van der Waals surface area contributed by atoms with Crippen LogP contribution >= 0.6 is 27.3 Å². The van der Waals surface area contributed by atoms with Crippen molar-refractivity contribution in [3.8, 4) is 0 Å². The molecule has 0 N–H and O–H groups in total. The summed E-state index contributed by atoms with van der Waals surface area (Å²) in [4.78, 5) is 22.6. The first-order chi connectivity index (χ1) is 13.2. The number of thiophene rings is 1. The first-order valence-electron chi connectivity index (χ1n) is 8.85. The van der Waals surface area contributed by atoms with Crippen LogP contribution in [0.25, 0.3) is 16.6 Å². The molecular formula is C20H17BrN4OS. The molecule has 4 heterocycles. The number of hydrogen-bond acceptors (Lipinski definition) is 4. The fraction of sp³-hybridized carbons (Fsp3) is 0.200. The molecule has 0 radical (unpaired) electrons. The van der Waals surface area contributed by atoms with E-state index in [1.165, 1.54) is 11.3 Å². The highest BCUT2D eigenvalue weighted by Crippen LogP contribution is 2.28. The number of fused-ring (bicyclic) bond motifs is 3. The molecule has 1 aliphatic heterocycles. The zero-order chi connectivity index (χ0) is 18.4. The summed E-state index contributed by atoms with van der Waals surface area (Å²) >= 11 is 5.05. The second kappa shape index (κ2) is 6.65. The lowest BCUT2D eigenvalue weighted by atomic mass is 10.2. The van der Waals surface area contributed by atoms with Crippen LogP contribution in [0.3, 0.4) is 0 Å². The van der Waals surface area contributed by atoms with Gasteiger partial charge in [0, 0.05) is 36.8 Å².